The van der Waals surface area contributed by atoms with E-state index in [1.165, 1.54) is 4.68 Å². The van der Waals surface area contributed by atoms with Crippen LogP contribution in [0.5, 0.6) is 0 Å². The topological polar surface area (TPSA) is 148 Å². The van der Waals surface area contributed by atoms with E-state index in [-0.39, 0.29) is 12.1 Å². The number of aromatic nitrogens is 6. The van der Waals surface area contributed by atoms with Crippen molar-refractivity contribution in [3.63, 3.8) is 0 Å². The molecule has 0 fully saturated rings. The summed E-state index contributed by atoms with van der Waals surface area (Å²) in [5.74, 6) is -1.38. The predicted molar refractivity (Wildman–Crippen MR) is 156 cm³/mol. The van der Waals surface area contributed by atoms with Crippen LogP contribution in [0.15, 0.2) is 89.7 Å². The van der Waals surface area contributed by atoms with Gasteiger partial charge in [0.05, 0.1) is 18.7 Å². The molecule has 0 bridgehead atoms. The van der Waals surface area contributed by atoms with Crippen molar-refractivity contribution in [1.82, 2.24) is 35.3 Å². The molecule has 5 aromatic rings. The number of aryl methyl sites for hydroxylation is 1. The Balaban J connectivity index is 1.34. The van der Waals surface area contributed by atoms with Gasteiger partial charge in [0.2, 0.25) is 0 Å². The molecule has 42 heavy (non-hydrogen) atoms. The predicted octanol–water partition coefficient (Wildman–Crippen LogP) is 3.64. The fourth-order valence-corrected chi connectivity index (χ4v) is 4.92. The molecule has 1 unspecified atom stereocenters. The summed E-state index contributed by atoms with van der Waals surface area (Å²) in [5, 5.41) is 26.7. The lowest BCUT2D eigenvalue weighted by molar-refractivity contribution is -0.137. The van der Waals surface area contributed by atoms with Gasteiger partial charge in [-0.15, -0.1) is 0 Å². The van der Waals surface area contributed by atoms with Crippen LogP contribution >= 0.6 is 0 Å². The summed E-state index contributed by atoms with van der Waals surface area (Å²) in [6.07, 6.45) is 1.83. The molecule has 0 aliphatic rings. The third kappa shape index (κ3) is 6.69. The van der Waals surface area contributed by atoms with Crippen molar-refractivity contribution in [3.8, 4) is 16.8 Å². The highest BCUT2D eigenvalue weighted by molar-refractivity contribution is 5.92. The number of H-pyrrole nitrogens is 1. The summed E-state index contributed by atoms with van der Waals surface area (Å²) in [6.45, 7) is 2.52. The van der Waals surface area contributed by atoms with Crippen LogP contribution in [-0.2, 0) is 24.2 Å². The molecular formula is C31H31N7O4. The van der Waals surface area contributed by atoms with Crippen LogP contribution in [0.25, 0.3) is 16.8 Å². The van der Waals surface area contributed by atoms with Gasteiger partial charge in [-0.25, -0.2) is 9.89 Å². The number of para-hydroxylation sites is 1. The standard InChI is InChI=1S/C31H31N7O4/c1-2-8-25-19-27(30(41)32-24(18-29(39)40)17-21-9-4-3-5-10-21)34-37(25)20-22-13-15-23(16-14-22)26-11-6-7-12-28(26)38-31(42)33-35-36-38/h3-7,9-16,19,24H,2,8,17-18,20H2,1H3,(H,32,41)(H,39,40)(H,33,36,42). The minimum absolute atomic E-state index is 0.191. The summed E-state index contributed by atoms with van der Waals surface area (Å²) in [5.41, 5.74) is 5.03. The molecule has 5 rings (SSSR count). The molecule has 214 valence electrons. The van der Waals surface area contributed by atoms with Gasteiger partial charge in [-0.2, -0.15) is 9.78 Å². The van der Waals surface area contributed by atoms with E-state index in [1.54, 1.807) is 12.1 Å². The van der Waals surface area contributed by atoms with Crippen LogP contribution < -0.4 is 11.0 Å². The van der Waals surface area contributed by atoms with Crippen LogP contribution in [0.2, 0.25) is 0 Å². The number of aliphatic carboxylic acids is 1. The Morgan fingerprint density at radius 2 is 1.71 bits per heavy atom. The van der Waals surface area contributed by atoms with E-state index < -0.39 is 23.6 Å². The average Bonchev–Trinajstić information content (AvgIpc) is 3.59. The van der Waals surface area contributed by atoms with E-state index in [9.17, 15) is 19.5 Å². The molecule has 0 aliphatic heterocycles. The smallest absolute Gasteiger partial charge is 0.365 e. The van der Waals surface area contributed by atoms with Gasteiger partial charge in [0.15, 0.2) is 0 Å². The maximum atomic E-state index is 13.2. The van der Waals surface area contributed by atoms with Crippen LogP contribution in [0.3, 0.4) is 0 Å². The van der Waals surface area contributed by atoms with Gasteiger partial charge >= 0.3 is 11.7 Å². The third-order valence-electron chi connectivity index (χ3n) is 6.88. The molecule has 3 N–H and O–H groups in total. The number of carbonyl (C=O) groups is 2. The zero-order chi connectivity index (χ0) is 29.5. The van der Waals surface area contributed by atoms with Crippen LogP contribution in [0.4, 0.5) is 0 Å². The second-order valence-electron chi connectivity index (χ2n) is 10.0. The van der Waals surface area contributed by atoms with Crippen molar-refractivity contribution in [2.45, 2.75) is 45.2 Å². The number of aromatic amines is 1. The second-order valence-corrected chi connectivity index (χ2v) is 10.0. The molecule has 0 spiro atoms. The molecule has 2 aromatic heterocycles. The monoisotopic (exact) mass is 565 g/mol. The van der Waals surface area contributed by atoms with E-state index in [1.807, 2.05) is 77.5 Å². The number of carboxylic acids is 1. The molecule has 11 nitrogen and oxygen atoms in total. The van der Waals surface area contributed by atoms with Crippen molar-refractivity contribution >= 4 is 11.9 Å². The van der Waals surface area contributed by atoms with Crippen LogP contribution in [0.1, 0.15) is 47.1 Å². The highest BCUT2D eigenvalue weighted by Crippen LogP contribution is 2.26. The van der Waals surface area contributed by atoms with Gasteiger partial charge in [0, 0.05) is 17.3 Å². The number of tetrazole rings is 1. The van der Waals surface area contributed by atoms with Crippen LogP contribution in [-0.4, -0.2) is 53.0 Å². The zero-order valence-electron chi connectivity index (χ0n) is 23.1. The van der Waals surface area contributed by atoms with Crippen molar-refractivity contribution in [3.05, 3.63) is 118 Å². The first-order valence-electron chi connectivity index (χ1n) is 13.7. The number of carboxylic acid groups (broad SMARTS) is 1. The lowest BCUT2D eigenvalue weighted by Crippen LogP contribution is -2.38. The summed E-state index contributed by atoms with van der Waals surface area (Å²) in [6, 6.07) is 26.0. The average molecular weight is 566 g/mol. The fraction of sp³-hybridized carbons (Fsp3) is 0.226. The van der Waals surface area contributed by atoms with E-state index >= 15 is 0 Å². The van der Waals surface area contributed by atoms with Gasteiger partial charge < -0.3 is 10.4 Å². The number of rotatable bonds is 12. The molecule has 0 aliphatic carbocycles. The molecule has 0 saturated heterocycles. The van der Waals surface area contributed by atoms with Crippen LogP contribution in [0, 0.1) is 0 Å². The molecule has 3 aromatic carbocycles. The number of hydrogen-bond acceptors (Lipinski definition) is 6. The Hall–Kier alpha value is -5.32. The van der Waals surface area contributed by atoms with Crippen molar-refractivity contribution in [1.29, 1.82) is 0 Å². The van der Waals surface area contributed by atoms with E-state index in [0.29, 0.717) is 18.7 Å². The zero-order valence-corrected chi connectivity index (χ0v) is 23.1. The molecule has 0 saturated carbocycles. The van der Waals surface area contributed by atoms with Gasteiger partial charge in [-0.05, 0) is 52.1 Å². The molecule has 11 heteroatoms. The molecular weight excluding hydrogens is 534 g/mol. The Morgan fingerprint density at radius 3 is 2.40 bits per heavy atom. The van der Waals surface area contributed by atoms with Gasteiger partial charge in [-0.1, -0.05) is 86.1 Å². The Labute approximate surface area is 241 Å². The normalized spacial score (nSPS) is 11.7. The fourth-order valence-electron chi connectivity index (χ4n) is 4.92. The van der Waals surface area contributed by atoms with Crippen molar-refractivity contribution in [2.24, 2.45) is 0 Å². The van der Waals surface area contributed by atoms with E-state index in [4.69, 9.17) is 0 Å². The second kappa shape index (κ2) is 12.9. The SMILES string of the molecule is CCCc1cc(C(=O)NC(CC(=O)O)Cc2ccccc2)nn1Cc1ccc(-c2ccccc2-n2nn[nH]c2=O)cc1. The first-order chi connectivity index (χ1) is 20.4. The first kappa shape index (κ1) is 28.2. The number of nitrogens with zero attached hydrogens (tertiary/aromatic N) is 5. The number of nitrogens with one attached hydrogen (secondary N) is 2. The lowest BCUT2D eigenvalue weighted by atomic mass is 10.0. The Bertz CT molecular complexity index is 1720. The maximum absolute atomic E-state index is 13.2. The molecule has 1 atom stereocenters. The summed E-state index contributed by atoms with van der Waals surface area (Å²) >= 11 is 0. The molecule has 1 amide bonds. The Morgan fingerprint density at radius 1 is 0.976 bits per heavy atom. The van der Waals surface area contributed by atoms with Gasteiger partial charge in [-0.3, -0.25) is 14.3 Å². The number of carbonyl (C=O) groups excluding carboxylic acids is 1. The first-order valence-corrected chi connectivity index (χ1v) is 13.7. The number of hydrogen-bond donors (Lipinski definition) is 3. The summed E-state index contributed by atoms with van der Waals surface area (Å²) in [4.78, 5) is 36.8. The maximum Gasteiger partial charge on any atom is 0.365 e. The lowest BCUT2D eigenvalue weighted by Gasteiger charge is -2.16. The molecule has 0 radical (unpaired) electrons. The Kier molecular flexibility index (Phi) is 8.67. The highest BCUT2D eigenvalue weighted by atomic mass is 16.4. The minimum atomic E-state index is -0.979. The van der Waals surface area contributed by atoms with Gasteiger partial charge in [0.25, 0.3) is 5.91 Å². The summed E-state index contributed by atoms with van der Waals surface area (Å²) in [7, 11) is 0. The quantitative estimate of drug-likeness (QED) is 0.209. The largest absolute Gasteiger partial charge is 0.481 e. The molecule has 2 heterocycles. The van der Waals surface area contributed by atoms with Crippen molar-refractivity contribution < 1.29 is 14.7 Å². The highest BCUT2D eigenvalue weighted by Gasteiger charge is 2.21. The minimum Gasteiger partial charge on any atom is -0.481 e. The van der Waals surface area contributed by atoms with E-state index in [2.05, 4.69) is 32.9 Å². The third-order valence-corrected chi connectivity index (χ3v) is 6.88. The summed E-state index contributed by atoms with van der Waals surface area (Å²) < 4.78 is 3.04. The number of benzene rings is 3. The van der Waals surface area contributed by atoms with E-state index in [0.717, 1.165) is 40.8 Å². The van der Waals surface area contributed by atoms with Gasteiger partial charge in [0.1, 0.15) is 5.69 Å². The van der Waals surface area contributed by atoms with Crippen molar-refractivity contribution in [2.75, 3.05) is 0 Å². The number of amides is 1.